The number of aromatic amines is 1. The molecule has 100 valence electrons. The quantitative estimate of drug-likeness (QED) is 0.841. The molecule has 0 spiro atoms. The Kier molecular flexibility index (Phi) is 3.06. The molecular weight excluding hydrogens is 242 g/mol. The van der Waals surface area contributed by atoms with Crippen LogP contribution in [0.25, 0.3) is 11.0 Å². The normalized spacial score (nSPS) is 19.6. The Balaban J connectivity index is 1.89. The molecule has 0 radical (unpaired) electrons. The second-order valence-electron chi connectivity index (χ2n) is 4.84. The predicted octanol–water partition coefficient (Wildman–Crippen LogP) is 0.920. The van der Waals surface area contributed by atoms with Gasteiger partial charge in [-0.25, -0.2) is 9.97 Å². The molecule has 2 aromatic rings. The summed E-state index contributed by atoms with van der Waals surface area (Å²) in [7, 11) is 1.69. The summed E-state index contributed by atoms with van der Waals surface area (Å²) in [6.07, 6.45) is 5.38. The van der Waals surface area contributed by atoms with Gasteiger partial charge in [-0.1, -0.05) is 0 Å². The largest absolute Gasteiger partial charge is 0.359 e. The maximum atomic E-state index is 11.8. The van der Waals surface area contributed by atoms with Crippen molar-refractivity contribution < 1.29 is 4.79 Å². The van der Waals surface area contributed by atoms with Crippen molar-refractivity contribution in [2.75, 3.05) is 25.0 Å². The fourth-order valence-corrected chi connectivity index (χ4v) is 2.70. The van der Waals surface area contributed by atoms with Crippen LogP contribution in [0.4, 0.5) is 5.82 Å². The van der Waals surface area contributed by atoms with Crippen LogP contribution in [-0.4, -0.2) is 41.0 Å². The Hall–Kier alpha value is -2.11. The third kappa shape index (κ3) is 2.14. The number of piperidine rings is 1. The van der Waals surface area contributed by atoms with Gasteiger partial charge in [-0.15, -0.1) is 0 Å². The zero-order valence-electron chi connectivity index (χ0n) is 10.9. The van der Waals surface area contributed by atoms with E-state index in [1.807, 2.05) is 12.3 Å². The lowest BCUT2D eigenvalue weighted by atomic mass is 9.97. The average Bonchev–Trinajstić information content (AvgIpc) is 2.94. The van der Waals surface area contributed by atoms with Crippen molar-refractivity contribution in [3.8, 4) is 0 Å². The second kappa shape index (κ2) is 4.87. The van der Waals surface area contributed by atoms with E-state index in [0.29, 0.717) is 0 Å². The zero-order valence-corrected chi connectivity index (χ0v) is 10.9. The number of fused-ring (bicyclic) bond motifs is 1. The first-order valence-corrected chi connectivity index (χ1v) is 6.54. The molecule has 0 saturated carbocycles. The van der Waals surface area contributed by atoms with Crippen LogP contribution in [-0.2, 0) is 4.79 Å². The topological polar surface area (TPSA) is 73.9 Å². The zero-order chi connectivity index (χ0) is 13.2. The molecule has 2 aromatic heterocycles. The van der Waals surface area contributed by atoms with Gasteiger partial charge < -0.3 is 15.2 Å². The van der Waals surface area contributed by atoms with Gasteiger partial charge in [0.15, 0.2) is 0 Å². The molecule has 1 saturated heterocycles. The summed E-state index contributed by atoms with van der Waals surface area (Å²) in [5.74, 6) is 1.08. The number of hydrogen-bond acceptors (Lipinski definition) is 4. The first kappa shape index (κ1) is 12.0. The van der Waals surface area contributed by atoms with Gasteiger partial charge in [-0.3, -0.25) is 4.79 Å². The van der Waals surface area contributed by atoms with E-state index < -0.39 is 0 Å². The molecule has 0 aliphatic carbocycles. The number of carbonyl (C=O) groups excluding carboxylic acids is 1. The van der Waals surface area contributed by atoms with Crippen molar-refractivity contribution in [1.29, 1.82) is 0 Å². The first-order chi connectivity index (χ1) is 9.29. The lowest BCUT2D eigenvalue weighted by molar-refractivity contribution is -0.124. The number of hydrogen-bond donors (Lipinski definition) is 2. The van der Waals surface area contributed by atoms with Gasteiger partial charge in [-0.2, -0.15) is 0 Å². The molecule has 3 heterocycles. The highest BCUT2D eigenvalue weighted by atomic mass is 16.1. The summed E-state index contributed by atoms with van der Waals surface area (Å²) in [5, 5.41) is 3.75. The molecule has 1 atom stereocenters. The molecule has 1 aliphatic heterocycles. The van der Waals surface area contributed by atoms with Gasteiger partial charge in [0.2, 0.25) is 5.91 Å². The number of amides is 1. The number of rotatable bonds is 2. The molecule has 1 aliphatic rings. The van der Waals surface area contributed by atoms with Crippen LogP contribution in [0.3, 0.4) is 0 Å². The van der Waals surface area contributed by atoms with Gasteiger partial charge in [0.1, 0.15) is 17.8 Å². The summed E-state index contributed by atoms with van der Waals surface area (Å²) >= 11 is 0. The van der Waals surface area contributed by atoms with Gasteiger partial charge >= 0.3 is 0 Å². The Morgan fingerprint density at radius 3 is 3.26 bits per heavy atom. The molecule has 1 fully saturated rings. The molecule has 0 bridgehead atoms. The van der Waals surface area contributed by atoms with Crippen LogP contribution in [0.2, 0.25) is 0 Å². The standard InChI is InChI=1S/C13H17N5O/c1-14-13(19)9-3-2-6-18(7-9)12-10-4-5-15-11(10)16-8-17-12/h4-5,8-9H,2-3,6-7H2,1H3,(H,14,19)(H,15,16,17). The minimum atomic E-state index is 0.0442. The Morgan fingerprint density at radius 2 is 2.42 bits per heavy atom. The summed E-state index contributed by atoms with van der Waals surface area (Å²) in [4.78, 5) is 25.6. The average molecular weight is 259 g/mol. The van der Waals surface area contributed by atoms with Crippen LogP contribution in [0.5, 0.6) is 0 Å². The van der Waals surface area contributed by atoms with Crippen LogP contribution in [0, 0.1) is 5.92 Å². The van der Waals surface area contributed by atoms with Gasteiger partial charge in [-0.05, 0) is 18.9 Å². The Bertz CT molecular complexity index is 593. The number of nitrogens with zero attached hydrogens (tertiary/aromatic N) is 3. The van der Waals surface area contributed by atoms with Crippen molar-refractivity contribution in [2.24, 2.45) is 5.92 Å². The maximum absolute atomic E-state index is 11.8. The molecule has 1 unspecified atom stereocenters. The molecule has 2 N–H and O–H groups in total. The molecule has 0 aromatic carbocycles. The number of carbonyl (C=O) groups is 1. The van der Waals surface area contributed by atoms with E-state index in [9.17, 15) is 4.79 Å². The summed E-state index contributed by atoms with van der Waals surface area (Å²) in [6, 6.07) is 1.98. The highest BCUT2D eigenvalue weighted by molar-refractivity contribution is 5.88. The first-order valence-electron chi connectivity index (χ1n) is 6.54. The van der Waals surface area contributed by atoms with E-state index in [2.05, 4.69) is 25.2 Å². The molecule has 3 rings (SSSR count). The maximum Gasteiger partial charge on any atom is 0.224 e. The number of H-pyrrole nitrogens is 1. The van der Waals surface area contributed by atoms with Crippen LogP contribution in [0.15, 0.2) is 18.6 Å². The smallest absolute Gasteiger partial charge is 0.224 e. The monoisotopic (exact) mass is 259 g/mol. The highest BCUT2D eigenvalue weighted by Crippen LogP contribution is 2.26. The fraction of sp³-hybridized carbons (Fsp3) is 0.462. The van der Waals surface area contributed by atoms with Crippen molar-refractivity contribution in [1.82, 2.24) is 20.3 Å². The van der Waals surface area contributed by atoms with Crippen molar-refractivity contribution in [2.45, 2.75) is 12.8 Å². The van der Waals surface area contributed by atoms with E-state index in [1.54, 1.807) is 13.4 Å². The van der Waals surface area contributed by atoms with E-state index in [4.69, 9.17) is 0 Å². The number of anilines is 1. The molecule has 6 heteroatoms. The van der Waals surface area contributed by atoms with Crippen molar-refractivity contribution in [3.05, 3.63) is 18.6 Å². The SMILES string of the molecule is CNC(=O)C1CCCN(c2ncnc3[nH]ccc23)C1. The van der Waals surface area contributed by atoms with E-state index in [1.165, 1.54) is 0 Å². The third-order valence-corrected chi connectivity index (χ3v) is 3.67. The third-order valence-electron chi connectivity index (χ3n) is 3.67. The van der Waals surface area contributed by atoms with Crippen LogP contribution < -0.4 is 10.2 Å². The summed E-state index contributed by atoms with van der Waals surface area (Å²) < 4.78 is 0. The highest BCUT2D eigenvalue weighted by Gasteiger charge is 2.26. The van der Waals surface area contributed by atoms with Gasteiger partial charge in [0.25, 0.3) is 0 Å². The van der Waals surface area contributed by atoms with E-state index in [0.717, 1.165) is 42.8 Å². The summed E-state index contributed by atoms with van der Waals surface area (Å²) in [6.45, 7) is 1.65. The lowest BCUT2D eigenvalue weighted by Crippen LogP contribution is -2.42. The molecule has 19 heavy (non-hydrogen) atoms. The second-order valence-corrected chi connectivity index (χ2v) is 4.84. The molecular formula is C13H17N5O. The number of aromatic nitrogens is 3. The van der Waals surface area contributed by atoms with Gasteiger partial charge in [0.05, 0.1) is 11.3 Å². The van der Waals surface area contributed by atoms with Crippen molar-refractivity contribution in [3.63, 3.8) is 0 Å². The Morgan fingerprint density at radius 1 is 1.53 bits per heavy atom. The van der Waals surface area contributed by atoms with Gasteiger partial charge in [0, 0.05) is 26.3 Å². The van der Waals surface area contributed by atoms with E-state index >= 15 is 0 Å². The minimum absolute atomic E-state index is 0.0442. The fourth-order valence-electron chi connectivity index (χ4n) is 2.70. The molecule has 1 amide bonds. The summed E-state index contributed by atoms with van der Waals surface area (Å²) in [5.41, 5.74) is 0.840. The van der Waals surface area contributed by atoms with E-state index in [-0.39, 0.29) is 11.8 Å². The van der Waals surface area contributed by atoms with Crippen LogP contribution in [0.1, 0.15) is 12.8 Å². The van der Waals surface area contributed by atoms with Crippen LogP contribution >= 0.6 is 0 Å². The lowest BCUT2D eigenvalue weighted by Gasteiger charge is -2.32. The minimum Gasteiger partial charge on any atom is -0.359 e. The van der Waals surface area contributed by atoms with Crippen molar-refractivity contribution >= 4 is 22.8 Å². The molecule has 6 nitrogen and oxygen atoms in total. The Labute approximate surface area is 111 Å². The predicted molar refractivity (Wildman–Crippen MR) is 72.9 cm³/mol. The number of nitrogens with one attached hydrogen (secondary N) is 2.